The first-order chi connectivity index (χ1) is 9.07. The molecule has 106 valence electrons. The molecule has 0 amide bonds. The Balaban J connectivity index is 1.99. The number of alkyl halides is 3. The van der Waals surface area contributed by atoms with E-state index in [9.17, 15) is 13.2 Å². The van der Waals surface area contributed by atoms with Gasteiger partial charge in [-0.25, -0.2) is 0 Å². The van der Waals surface area contributed by atoms with E-state index in [-0.39, 0.29) is 11.5 Å². The summed E-state index contributed by atoms with van der Waals surface area (Å²) in [6, 6.07) is 6.41. The Morgan fingerprint density at radius 3 is 2.37 bits per heavy atom. The monoisotopic (exact) mass is 273 g/mol. The summed E-state index contributed by atoms with van der Waals surface area (Å²) >= 11 is 0. The number of halogens is 3. The van der Waals surface area contributed by atoms with E-state index in [4.69, 9.17) is 4.74 Å². The Kier molecular flexibility index (Phi) is 4.82. The number of nitrogens with one attached hydrogen (secondary N) is 1. The van der Waals surface area contributed by atoms with Crippen molar-refractivity contribution >= 4 is 0 Å². The Bertz CT molecular complexity index is 374. The summed E-state index contributed by atoms with van der Waals surface area (Å²) in [7, 11) is 0. The van der Waals surface area contributed by atoms with Crippen molar-refractivity contribution in [1.82, 2.24) is 5.32 Å². The van der Waals surface area contributed by atoms with Crippen LogP contribution in [0.2, 0.25) is 0 Å². The van der Waals surface area contributed by atoms with Gasteiger partial charge >= 0.3 is 6.18 Å². The molecule has 2 nitrogen and oxygen atoms in total. The minimum absolute atomic E-state index is 0.266. The van der Waals surface area contributed by atoms with E-state index in [0.717, 1.165) is 12.8 Å². The van der Waals surface area contributed by atoms with Crippen molar-refractivity contribution in [3.8, 4) is 0 Å². The van der Waals surface area contributed by atoms with Crippen LogP contribution in [-0.4, -0.2) is 25.9 Å². The second kappa shape index (κ2) is 6.39. The van der Waals surface area contributed by atoms with Crippen molar-refractivity contribution in [3.63, 3.8) is 0 Å². The highest BCUT2D eigenvalue weighted by molar-refractivity contribution is 5.20. The minimum atomic E-state index is -4.27. The molecule has 1 aromatic rings. The molecule has 0 radical (unpaired) electrons. The van der Waals surface area contributed by atoms with Crippen LogP contribution in [-0.2, 0) is 4.74 Å². The Morgan fingerprint density at radius 2 is 1.79 bits per heavy atom. The number of benzene rings is 1. The predicted octanol–water partition coefficient (Wildman–Crippen LogP) is 3.31. The first-order valence-electron chi connectivity index (χ1n) is 6.50. The minimum Gasteiger partial charge on any atom is -0.381 e. The van der Waals surface area contributed by atoms with Gasteiger partial charge in [-0.3, -0.25) is 0 Å². The van der Waals surface area contributed by atoms with E-state index < -0.39 is 12.2 Å². The fourth-order valence-electron chi connectivity index (χ4n) is 2.30. The predicted molar refractivity (Wildman–Crippen MR) is 66.8 cm³/mol. The lowest BCUT2D eigenvalue weighted by molar-refractivity contribution is -0.158. The lowest BCUT2D eigenvalue weighted by Crippen LogP contribution is -2.38. The maximum absolute atomic E-state index is 13.1. The lowest BCUT2D eigenvalue weighted by atomic mass is 9.99. The molecule has 1 heterocycles. The molecule has 1 aromatic carbocycles. The summed E-state index contributed by atoms with van der Waals surface area (Å²) in [4.78, 5) is 0. The van der Waals surface area contributed by atoms with Crippen molar-refractivity contribution in [2.45, 2.75) is 25.1 Å². The largest absolute Gasteiger partial charge is 0.407 e. The molecule has 0 bridgehead atoms. The fourth-order valence-corrected chi connectivity index (χ4v) is 2.30. The molecule has 0 spiro atoms. The molecule has 1 unspecified atom stereocenters. The highest BCUT2D eigenvalue weighted by Gasteiger charge is 2.40. The summed E-state index contributed by atoms with van der Waals surface area (Å²) in [5, 5.41) is 2.67. The summed E-state index contributed by atoms with van der Waals surface area (Å²) in [6.07, 6.45) is -2.62. The zero-order valence-electron chi connectivity index (χ0n) is 10.6. The van der Waals surface area contributed by atoms with E-state index in [1.807, 2.05) is 0 Å². The molecule has 0 aliphatic carbocycles. The van der Waals surface area contributed by atoms with Gasteiger partial charge in [0, 0.05) is 13.2 Å². The maximum Gasteiger partial charge on any atom is 0.407 e. The quantitative estimate of drug-likeness (QED) is 0.908. The van der Waals surface area contributed by atoms with Gasteiger partial charge in [0.15, 0.2) is 0 Å². The number of hydrogen-bond acceptors (Lipinski definition) is 2. The normalized spacial score (nSPS) is 19.3. The second-order valence-corrected chi connectivity index (χ2v) is 4.85. The van der Waals surface area contributed by atoms with Gasteiger partial charge in [0.1, 0.15) is 6.04 Å². The highest BCUT2D eigenvalue weighted by Crippen LogP contribution is 2.32. The van der Waals surface area contributed by atoms with E-state index in [0.29, 0.717) is 19.8 Å². The van der Waals surface area contributed by atoms with Crippen LogP contribution in [0.3, 0.4) is 0 Å². The lowest BCUT2D eigenvalue weighted by Gasteiger charge is -2.27. The topological polar surface area (TPSA) is 21.3 Å². The zero-order chi connectivity index (χ0) is 13.7. The number of ether oxygens (including phenoxy) is 1. The zero-order valence-corrected chi connectivity index (χ0v) is 10.6. The summed E-state index contributed by atoms with van der Waals surface area (Å²) in [5.41, 5.74) is 0.266. The van der Waals surface area contributed by atoms with Gasteiger partial charge in [0.2, 0.25) is 0 Å². The number of hydrogen-bond donors (Lipinski definition) is 1. The Morgan fingerprint density at radius 1 is 1.16 bits per heavy atom. The van der Waals surface area contributed by atoms with Gasteiger partial charge in [-0.15, -0.1) is 0 Å². The molecule has 5 heteroatoms. The van der Waals surface area contributed by atoms with Crippen LogP contribution in [0.5, 0.6) is 0 Å². The highest BCUT2D eigenvalue weighted by atomic mass is 19.4. The van der Waals surface area contributed by atoms with Crippen molar-refractivity contribution < 1.29 is 17.9 Å². The molecule has 1 aliphatic rings. The van der Waals surface area contributed by atoms with Crippen molar-refractivity contribution in [2.75, 3.05) is 19.8 Å². The molecule has 0 aromatic heterocycles. The van der Waals surface area contributed by atoms with Gasteiger partial charge in [-0.1, -0.05) is 30.3 Å². The van der Waals surface area contributed by atoms with Crippen molar-refractivity contribution in [1.29, 1.82) is 0 Å². The maximum atomic E-state index is 13.1. The van der Waals surface area contributed by atoms with Gasteiger partial charge in [0.05, 0.1) is 0 Å². The smallest absolute Gasteiger partial charge is 0.381 e. The average Bonchev–Trinajstić information content (AvgIpc) is 2.40. The van der Waals surface area contributed by atoms with Crippen LogP contribution in [0.25, 0.3) is 0 Å². The summed E-state index contributed by atoms with van der Waals surface area (Å²) in [5.74, 6) is 0.266. The third kappa shape index (κ3) is 4.21. The van der Waals surface area contributed by atoms with Crippen LogP contribution >= 0.6 is 0 Å². The third-order valence-electron chi connectivity index (χ3n) is 3.41. The Labute approximate surface area is 111 Å². The van der Waals surface area contributed by atoms with E-state index >= 15 is 0 Å². The van der Waals surface area contributed by atoms with Crippen LogP contribution in [0.1, 0.15) is 24.4 Å². The van der Waals surface area contributed by atoms with Gasteiger partial charge in [-0.2, -0.15) is 13.2 Å². The molecule has 1 N–H and O–H groups in total. The molecular formula is C14H18F3NO. The fraction of sp³-hybridized carbons (Fsp3) is 0.571. The first kappa shape index (κ1) is 14.3. The molecular weight excluding hydrogens is 255 g/mol. The van der Waals surface area contributed by atoms with Crippen LogP contribution in [0.4, 0.5) is 13.2 Å². The van der Waals surface area contributed by atoms with Gasteiger partial charge in [0.25, 0.3) is 0 Å². The van der Waals surface area contributed by atoms with E-state index in [2.05, 4.69) is 5.32 Å². The van der Waals surface area contributed by atoms with Crippen LogP contribution < -0.4 is 5.32 Å². The van der Waals surface area contributed by atoms with Gasteiger partial charge < -0.3 is 10.1 Å². The first-order valence-corrected chi connectivity index (χ1v) is 6.50. The van der Waals surface area contributed by atoms with E-state index in [1.54, 1.807) is 18.2 Å². The molecule has 2 rings (SSSR count). The van der Waals surface area contributed by atoms with Crippen molar-refractivity contribution in [3.05, 3.63) is 35.9 Å². The standard InChI is InChI=1S/C14H18F3NO/c15-14(16,17)13(12-4-2-1-3-5-12)18-10-11-6-8-19-9-7-11/h1-5,11,13,18H,6-10H2. The molecule has 1 fully saturated rings. The van der Waals surface area contributed by atoms with Gasteiger partial charge in [-0.05, 0) is 30.9 Å². The molecule has 19 heavy (non-hydrogen) atoms. The third-order valence-corrected chi connectivity index (χ3v) is 3.41. The molecule has 0 saturated carbocycles. The van der Waals surface area contributed by atoms with Crippen LogP contribution in [0.15, 0.2) is 30.3 Å². The average molecular weight is 273 g/mol. The number of rotatable bonds is 4. The van der Waals surface area contributed by atoms with Crippen LogP contribution in [0, 0.1) is 5.92 Å². The van der Waals surface area contributed by atoms with Crippen molar-refractivity contribution in [2.24, 2.45) is 5.92 Å². The molecule has 1 aliphatic heterocycles. The SMILES string of the molecule is FC(F)(F)C(NCC1CCOCC1)c1ccccc1. The molecule has 1 saturated heterocycles. The summed E-state index contributed by atoms with van der Waals surface area (Å²) in [6.45, 7) is 1.67. The summed E-state index contributed by atoms with van der Waals surface area (Å²) < 4.78 is 44.4. The Hall–Kier alpha value is -1.07. The second-order valence-electron chi connectivity index (χ2n) is 4.85. The van der Waals surface area contributed by atoms with E-state index in [1.165, 1.54) is 12.1 Å². The molecule has 1 atom stereocenters.